The van der Waals surface area contributed by atoms with Crippen LogP contribution in [-0.2, 0) is 6.42 Å². The Labute approximate surface area is 123 Å². The summed E-state index contributed by atoms with van der Waals surface area (Å²) in [4.78, 5) is 8.26. The molecule has 0 amide bonds. The van der Waals surface area contributed by atoms with Gasteiger partial charge in [0.2, 0.25) is 0 Å². The first kappa shape index (κ1) is 13.1. The van der Waals surface area contributed by atoms with Crippen molar-refractivity contribution in [3.63, 3.8) is 0 Å². The molecular formula is C17H16N4. The summed E-state index contributed by atoms with van der Waals surface area (Å²) in [5, 5.41) is 3.26. The molecule has 0 aliphatic heterocycles. The van der Waals surface area contributed by atoms with E-state index in [2.05, 4.69) is 33.5 Å². The van der Waals surface area contributed by atoms with Gasteiger partial charge < -0.3 is 11.1 Å². The summed E-state index contributed by atoms with van der Waals surface area (Å²) in [6, 6.07) is 18.5. The van der Waals surface area contributed by atoms with E-state index in [0.717, 1.165) is 12.1 Å². The Hall–Kier alpha value is -2.88. The zero-order valence-corrected chi connectivity index (χ0v) is 11.5. The molecule has 21 heavy (non-hydrogen) atoms. The van der Waals surface area contributed by atoms with Crippen molar-refractivity contribution in [3.8, 4) is 0 Å². The minimum Gasteiger partial charge on any atom is -0.381 e. The van der Waals surface area contributed by atoms with Gasteiger partial charge in [-0.2, -0.15) is 0 Å². The van der Waals surface area contributed by atoms with Gasteiger partial charge in [0.1, 0.15) is 0 Å². The molecule has 0 radical (unpaired) electrons. The van der Waals surface area contributed by atoms with E-state index in [9.17, 15) is 0 Å². The Balaban J connectivity index is 1.88. The van der Waals surface area contributed by atoms with Crippen molar-refractivity contribution in [3.05, 3.63) is 78.1 Å². The molecule has 0 atom stereocenters. The average Bonchev–Trinajstić information content (AvgIpc) is 2.52. The second-order valence-electron chi connectivity index (χ2n) is 4.73. The van der Waals surface area contributed by atoms with Gasteiger partial charge in [-0.15, -0.1) is 0 Å². The quantitative estimate of drug-likeness (QED) is 0.766. The number of rotatable bonds is 4. The SMILES string of the molecule is Nc1nccnc1Nc1ccccc1Cc1ccccc1. The largest absolute Gasteiger partial charge is 0.381 e. The maximum atomic E-state index is 5.83. The predicted molar refractivity (Wildman–Crippen MR) is 85.4 cm³/mol. The standard InChI is InChI=1S/C17H16N4/c18-16-17(20-11-10-19-16)21-15-9-5-4-8-14(15)12-13-6-2-1-3-7-13/h1-11H,12H2,(H2,18,19)(H,20,21). The minimum atomic E-state index is 0.395. The number of para-hydroxylation sites is 1. The second-order valence-corrected chi connectivity index (χ2v) is 4.73. The minimum absolute atomic E-state index is 0.395. The number of anilines is 3. The van der Waals surface area contributed by atoms with Gasteiger partial charge in [-0.05, 0) is 23.6 Å². The van der Waals surface area contributed by atoms with Gasteiger partial charge in [0.05, 0.1) is 0 Å². The van der Waals surface area contributed by atoms with Crippen LogP contribution in [0.25, 0.3) is 0 Å². The number of aromatic nitrogens is 2. The van der Waals surface area contributed by atoms with Crippen molar-refractivity contribution in [1.29, 1.82) is 0 Å². The van der Waals surface area contributed by atoms with E-state index in [1.807, 2.05) is 36.4 Å². The fourth-order valence-corrected chi connectivity index (χ4v) is 2.18. The molecule has 0 spiro atoms. The van der Waals surface area contributed by atoms with Crippen LogP contribution in [0, 0.1) is 0 Å². The lowest BCUT2D eigenvalue weighted by Crippen LogP contribution is -2.03. The van der Waals surface area contributed by atoms with Gasteiger partial charge in [-0.25, -0.2) is 9.97 Å². The fourth-order valence-electron chi connectivity index (χ4n) is 2.18. The van der Waals surface area contributed by atoms with E-state index in [4.69, 9.17) is 5.73 Å². The molecule has 0 saturated heterocycles. The van der Waals surface area contributed by atoms with Crippen LogP contribution in [0.15, 0.2) is 67.0 Å². The summed E-state index contributed by atoms with van der Waals surface area (Å²) >= 11 is 0. The highest BCUT2D eigenvalue weighted by Gasteiger charge is 2.06. The number of nitrogens with two attached hydrogens (primary N) is 1. The van der Waals surface area contributed by atoms with Crippen molar-refractivity contribution >= 4 is 17.3 Å². The molecule has 4 heteroatoms. The molecule has 0 bridgehead atoms. The van der Waals surface area contributed by atoms with E-state index in [-0.39, 0.29) is 0 Å². The number of hydrogen-bond donors (Lipinski definition) is 2. The first-order valence-corrected chi connectivity index (χ1v) is 6.78. The third-order valence-corrected chi connectivity index (χ3v) is 3.23. The molecule has 0 fully saturated rings. The number of nitrogen functional groups attached to an aromatic ring is 1. The summed E-state index contributed by atoms with van der Waals surface area (Å²) in [5.74, 6) is 0.977. The Morgan fingerprint density at radius 3 is 2.38 bits per heavy atom. The van der Waals surface area contributed by atoms with Crippen LogP contribution in [0.5, 0.6) is 0 Å². The maximum Gasteiger partial charge on any atom is 0.173 e. The van der Waals surface area contributed by atoms with Crippen LogP contribution in [0.2, 0.25) is 0 Å². The second kappa shape index (κ2) is 6.05. The molecule has 3 rings (SSSR count). The topological polar surface area (TPSA) is 63.8 Å². The zero-order chi connectivity index (χ0) is 14.5. The summed E-state index contributed by atoms with van der Waals surface area (Å²) < 4.78 is 0. The van der Waals surface area contributed by atoms with Crippen molar-refractivity contribution in [2.45, 2.75) is 6.42 Å². The molecule has 0 saturated carbocycles. The Bertz CT molecular complexity index is 726. The molecule has 1 heterocycles. The van der Waals surface area contributed by atoms with Gasteiger partial charge >= 0.3 is 0 Å². The van der Waals surface area contributed by atoms with Gasteiger partial charge in [0, 0.05) is 18.1 Å². The first-order chi connectivity index (χ1) is 10.3. The third-order valence-electron chi connectivity index (χ3n) is 3.23. The highest BCUT2D eigenvalue weighted by Crippen LogP contribution is 2.24. The van der Waals surface area contributed by atoms with E-state index in [1.165, 1.54) is 11.1 Å². The lowest BCUT2D eigenvalue weighted by molar-refractivity contribution is 1.17. The van der Waals surface area contributed by atoms with Crippen LogP contribution >= 0.6 is 0 Å². The first-order valence-electron chi connectivity index (χ1n) is 6.78. The van der Waals surface area contributed by atoms with Gasteiger partial charge in [-0.1, -0.05) is 48.5 Å². The van der Waals surface area contributed by atoms with E-state index in [0.29, 0.717) is 11.6 Å². The summed E-state index contributed by atoms with van der Waals surface area (Å²) in [6.45, 7) is 0. The molecule has 4 nitrogen and oxygen atoms in total. The average molecular weight is 276 g/mol. The summed E-state index contributed by atoms with van der Waals surface area (Å²) in [5.41, 5.74) is 9.28. The van der Waals surface area contributed by atoms with E-state index < -0.39 is 0 Å². The number of nitrogens with one attached hydrogen (secondary N) is 1. The van der Waals surface area contributed by atoms with Crippen molar-refractivity contribution in [2.24, 2.45) is 0 Å². The fraction of sp³-hybridized carbons (Fsp3) is 0.0588. The lowest BCUT2D eigenvalue weighted by atomic mass is 10.0. The molecular weight excluding hydrogens is 260 g/mol. The van der Waals surface area contributed by atoms with Gasteiger partial charge in [0.25, 0.3) is 0 Å². The number of hydrogen-bond acceptors (Lipinski definition) is 4. The lowest BCUT2D eigenvalue weighted by Gasteiger charge is -2.12. The predicted octanol–water partition coefficient (Wildman–Crippen LogP) is 3.39. The highest BCUT2D eigenvalue weighted by molar-refractivity contribution is 5.67. The zero-order valence-electron chi connectivity index (χ0n) is 11.5. The molecule has 3 N–H and O–H groups in total. The van der Waals surface area contributed by atoms with Crippen LogP contribution in [0.4, 0.5) is 17.3 Å². The van der Waals surface area contributed by atoms with Crippen LogP contribution in [-0.4, -0.2) is 9.97 Å². The van der Waals surface area contributed by atoms with Crippen molar-refractivity contribution in [2.75, 3.05) is 11.1 Å². The molecule has 0 unspecified atom stereocenters. The molecule has 0 aliphatic rings. The Morgan fingerprint density at radius 2 is 1.57 bits per heavy atom. The van der Waals surface area contributed by atoms with Crippen LogP contribution in [0.1, 0.15) is 11.1 Å². The van der Waals surface area contributed by atoms with E-state index >= 15 is 0 Å². The Morgan fingerprint density at radius 1 is 0.857 bits per heavy atom. The molecule has 0 aliphatic carbocycles. The van der Waals surface area contributed by atoms with Gasteiger partial charge in [-0.3, -0.25) is 0 Å². The Kier molecular flexibility index (Phi) is 3.78. The van der Waals surface area contributed by atoms with Crippen molar-refractivity contribution < 1.29 is 0 Å². The summed E-state index contributed by atoms with van der Waals surface area (Å²) in [6.07, 6.45) is 4.05. The van der Waals surface area contributed by atoms with Crippen molar-refractivity contribution in [1.82, 2.24) is 9.97 Å². The highest BCUT2D eigenvalue weighted by atomic mass is 15.1. The van der Waals surface area contributed by atoms with Crippen LogP contribution in [0.3, 0.4) is 0 Å². The third kappa shape index (κ3) is 3.17. The monoisotopic (exact) mass is 276 g/mol. The molecule has 1 aromatic heterocycles. The van der Waals surface area contributed by atoms with E-state index in [1.54, 1.807) is 12.4 Å². The smallest absolute Gasteiger partial charge is 0.173 e. The maximum absolute atomic E-state index is 5.83. The van der Waals surface area contributed by atoms with Gasteiger partial charge in [0.15, 0.2) is 11.6 Å². The molecule has 3 aromatic rings. The van der Waals surface area contributed by atoms with Crippen LogP contribution < -0.4 is 11.1 Å². The molecule has 104 valence electrons. The number of nitrogens with zero attached hydrogens (tertiary/aromatic N) is 2. The molecule has 2 aromatic carbocycles. The normalized spacial score (nSPS) is 10.3. The number of benzene rings is 2. The summed E-state index contributed by atoms with van der Waals surface area (Å²) in [7, 11) is 0.